The highest BCUT2D eigenvalue weighted by molar-refractivity contribution is 7.09. The first-order valence-electron chi connectivity index (χ1n) is 5.91. The van der Waals surface area contributed by atoms with Gasteiger partial charge in [0.25, 0.3) is 0 Å². The maximum Gasteiger partial charge on any atom is 0.119 e. The predicted octanol–water partition coefficient (Wildman–Crippen LogP) is 3.12. The summed E-state index contributed by atoms with van der Waals surface area (Å²) in [5.41, 5.74) is 7.08. The van der Waals surface area contributed by atoms with E-state index < -0.39 is 0 Å². The molecule has 4 heteroatoms. The third kappa shape index (κ3) is 4.60. The van der Waals surface area contributed by atoms with Crippen LogP contribution in [0.2, 0.25) is 0 Å². The van der Waals surface area contributed by atoms with E-state index in [9.17, 15) is 0 Å². The van der Waals surface area contributed by atoms with Gasteiger partial charge in [0, 0.05) is 18.0 Å². The minimum Gasteiger partial charge on any atom is -0.374 e. The van der Waals surface area contributed by atoms with Crippen LogP contribution in [0.3, 0.4) is 0 Å². The summed E-state index contributed by atoms with van der Waals surface area (Å²) in [6.07, 6.45) is 2.03. The topological polar surface area (TPSA) is 48.1 Å². The van der Waals surface area contributed by atoms with Crippen molar-refractivity contribution in [3.05, 3.63) is 16.1 Å². The van der Waals surface area contributed by atoms with Crippen LogP contribution in [-0.4, -0.2) is 11.6 Å². The van der Waals surface area contributed by atoms with E-state index in [-0.39, 0.29) is 6.04 Å². The van der Waals surface area contributed by atoms with Crippen LogP contribution in [0, 0.1) is 5.92 Å². The molecule has 0 saturated carbocycles. The number of rotatable bonds is 7. The fraction of sp³-hybridized carbons (Fsp3) is 0.750. The minimum atomic E-state index is 0.0659. The van der Waals surface area contributed by atoms with Crippen LogP contribution in [0.15, 0.2) is 5.38 Å². The van der Waals surface area contributed by atoms with Crippen molar-refractivity contribution in [1.29, 1.82) is 0 Å². The van der Waals surface area contributed by atoms with Crippen molar-refractivity contribution < 1.29 is 4.74 Å². The van der Waals surface area contributed by atoms with Gasteiger partial charge in [-0.15, -0.1) is 11.3 Å². The van der Waals surface area contributed by atoms with Crippen molar-refractivity contribution in [3.63, 3.8) is 0 Å². The third-order valence-corrected chi connectivity index (χ3v) is 3.09. The van der Waals surface area contributed by atoms with E-state index in [0.717, 1.165) is 30.2 Å². The standard InChI is InChI=1S/C12H22N2OS/c1-4-5-15-7-12-14-11(8-16-12)10(13)6-9(2)3/h8-10H,4-7,13H2,1-3H3. The highest BCUT2D eigenvalue weighted by atomic mass is 32.1. The summed E-state index contributed by atoms with van der Waals surface area (Å²) in [6.45, 7) is 7.88. The number of nitrogens with two attached hydrogens (primary N) is 1. The van der Waals surface area contributed by atoms with Crippen molar-refractivity contribution in [2.24, 2.45) is 11.7 Å². The molecule has 0 aliphatic heterocycles. The summed E-state index contributed by atoms with van der Waals surface area (Å²) >= 11 is 1.64. The highest BCUT2D eigenvalue weighted by Gasteiger charge is 2.12. The van der Waals surface area contributed by atoms with Crippen molar-refractivity contribution in [2.45, 2.75) is 46.3 Å². The SMILES string of the molecule is CCCOCc1nc(C(N)CC(C)C)cs1. The Morgan fingerprint density at radius 3 is 2.88 bits per heavy atom. The average molecular weight is 242 g/mol. The zero-order valence-electron chi connectivity index (χ0n) is 10.4. The monoisotopic (exact) mass is 242 g/mol. The Labute approximate surface area is 102 Å². The summed E-state index contributed by atoms with van der Waals surface area (Å²) in [5, 5.41) is 3.08. The Balaban J connectivity index is 2.44. The quantitative estimate of drug-likeness (QED) is 0.747. The molecule has 0 fully saturated rings. The maximum absolute atomic E-state index is 6.07. The lowest BCUT2D eigenvalue weighted by molar-refractivity contribution is 0.121. The highest BCUT2D eigenvalue weighted by Crippen LogP contribution is 2.21. The summed E-state index contributed by atoms with van der Waals surface area (Å²) < 4.78 is 5.45. The first-order valence-corrected chi connectivity index (χ1v) is 6.79. The Kier molecular flexibility index (Phi) is 5.95. The second-order valence-corrected chi connectivity index (χ2v) is 5.40. The van der Waals surface area contributed by atoms with Gasteiger partial charge >= 0.3 is 0 Å². The lowest BCUT2D eigenvalue weighted by atomic mass is 10.0. The van der Waals surface area contributed by atoms with E-state index >= 15 is 0 Å². The molecule has 2 N–H and O–H groups in total. The molecular formula is C12H22N2OS. The van der Waals surface area contributed by atoms with E-state index in [0.29, 0.717) is 12.5 Å². The van der Waals surface area contributed by atoms with Crippen LogP contribution in [0.1, 0.15) is 50.4 Å². The average Bonchev–Trinajstić information content (AvgIpc) is 2.66. The molecule has 3 nitrogen and oxygen atoms in total. The molecule has 0 bridgehead atoms. The molecule has 0 saturated heterocycles. The van der Waals surface area contributed by atoms with Crippen LogP contribution in [0.5, 0.6) is 0 Å². The molecule has 0 spiro atoms. The summed E-state index contributed by atoms with van der Waals surface area (Å²) in [7, 11) is 0. The van der Waals surface area contributed by atoms with Gasteiger partial charge in [-0.2, -0.15) is 0 Å². The van der Waals surface area contributed by atoms with E-state index in [1.807, 2.05) is 0 Å². The zero-order chi connectivity index (χ0) is 12.0. The molecule has 0 amide bonds. The van der Waals surface area contributed by atoms with Crippen LogP contribution in [-0.2, 0) is 11.3 Å². The number of hydrogen-bond acceptors (Lipinski definition) is 4. The van der Waals surface area contributed by atoms with Gasteiger partial charge in [0.2, 0.25) is 0 Å². The number of nitrogens with zero attached hydrogens (tertiary/aromatic N) is 1. The van der Waals surface area contributed by atoms with Crippen LogP contribution < -0.4 is 5.73 Å². The fourth-order valence-corrected chi connectivity index (χ4v) is 2.29. The third-order valence-electron chi connectivity index (χ3n) is 2.25. The Morgan fingerprint density at radius 1 is 1.50 bits per heavy atom. The Hall–Kier alpha value is -0.450. The molecule has 1 rings (SSSR count). The second kappa shape index (κ2) is 6.99. The molecule has 1 aromatic heterocycles. The maximum atomic E-state index is 6.07. The van der Waals surface area contributed by atoms with Gasteiger partial charge in [-0.05, 0) is 18.8 Å². The molecule has 0 aliphatic carbocycles. The van der Waals surface area contributed by atoms with Crippen LogP contribution in [0.4, 0.5) is 0 Å². The van der Waals surface area contributed by atoms with E-state index in [4.69, 9.17) is 10.5 Å². The van der Waals surface area contributed by atoms with Gasteiger partial charge in [0.15, 0.2) is 0 Å². The molecule has 1 aromatic rings. The van der Waals surface area contributed by atoms with Crippen molar-refractivity contribution in [2.75, 3.05) is 6.61 Å². The Bertz CT molecular complexity index is 299. The van der Waals surface area contributed by atoms with E-state index in [1.165, 1.54) is 0 Å². The van der Waals surface area contributed by atoms with Gasteiger partial charge in [0.1, 0.15) is 5.01 Å². The predicted molar refractivity (Wildman–Crippen MR) is 68.4 cm³/mol. The summed E-state index contributed by atoms with van der Waals surface area (Å²) in [5.74, 6) is 0.608. The Morgan fingerprint density at radius 2 is 2.25 bits per heavy atom. The lowest BCUT2D eigenvalue weighted by Gasteiger charge is -2.10. The first-order chi connectivity index (χ1) is 7.63. The first kappa shape index (κ1) is 13.6. The molecule has 0 radical (unpaired) electrons. The van der Waals surface area contributed by atoms with Crippen LogP contribution in [0.25, 0.3) is 0 Å². The second-order valence-electron chi connectivity index (χ2n) is 4.45. The number of ether oxygens (including phenoxy) is 1. The van der Waals surface area contributed by atoms with Crippen LogP contribution >= 0.6 is 11.3 Å². The molecule has 1 atom stereocenters. The van der Waals surface area contributed by atoms with Gasteiger partial charge < -0.3 is 10.5 Å². The number of aromatic nitrogens is 1. The number of thiazole rings is 1. The fourth-order valence-electron chi connectivity index (χ4n) is 1.49. The van der Waals surface area contributed by atoms with Gasteiger partial charge in [-0.3, -0.25) is 0 Å². The van der Waals surface area contributed by atoms with Gasteiger partial charge in [-0.1, -0.05) is 20.8 Å². The molecule has 0 aliphatic rings. The minimum absolute atomic E-state index is 0.0659. The molecular weight excluding hydrogens is 220 g/mol. The van der Waals surface area contributed by atoms with E-state index in [1.54, 1.807) is 11.3 Å². The van der Waals surface area contributed by atoms with Crippen molar-refractivity contribution >= 4 is 11.3 Å². The normalized spacial score (nSPS) is 13.3. The van der Waals surface area contributed by atoms with Crippen molar-refractivity contribution in [1.82, 2.24) is 4.98 Å². The molecule has 92 valence electrons. The lowest BCUT2D eigenvalue weighted by Crippen LogP contribution is -2.13. The molecule has 1 heterocycles. The largest absolute Gasteiger partial charge is 0.374 e. The smallest absolute Gasteiger partial charge is 0.119 e. The van der Waals surface area contributed by atoms with Gasteiger partial charge in [-0.25, -0.2) is 4.98 Å². The summed E-state index contributed by atoms with van der Waals surface area (Å²) in [6, 6.07) is 0.0659. The molecule has 0 aromatic carbocycles. The van der Waals surface area contributed by atoms with Crippen molar-refractivity contribution in [3.8, 4) is 0 Å². The number of hydrogen-bond donors (Lipinski definition) is 1. The summed E-state index contributed by atoms with van der Waals surface area (Å²) in [4.78, 5) is 4.50. The zero-order valence-corrected chi connectivity index (χ0v) is 11.2. The van der Waals surface area contributed by atoms with E-state index in [2.05, 4.69) is 31.1 Å². The van der Waals surface area contributed by atoms with Gasteiger partial charge in [0.05, 0.1) is 12.3 Å². The molecule has 16 heavy (non-hydrogen) atoms. The molecule has 1 unspecified atom stereocenters.